The van der Waals surface area contributed by atoms with Crippen molar-refractivity contribution in [1.82, 2.24) is 4.98 Å². The lowest BCUT2D eigenvalue weighted by Gasteiger charge is -2.27. The van der Waals surface area contributed by atoms with E-state index in [-0.39, 0.29) is 0 Å². The van der Waals surface area contributed by atoms with Gasteiger partial charge in [-0.25, -0.2) is 4.98 Å². The van der Waals surface area contributed by atoms with Crippen molar-refractivity contribution >= 4 is 60.5 Å². The van der Waals surface area contributed by atoms with Crippen LogP contribution in [0, 0.1) is 0 Å². The first-order chi connectivity index (χ1) is 22.8. The minimum Gasteiger partial charge on any atom is -0.436 e. The number of aromatic nitrogens is 1. The highest BCUT2D eigenvalue weighted by atomic mass is 16.3. The lowest BCUT2D eigenvalue weighted by atomic mass is 9.93. The van der Waals surface area contributed by atoms with Gasteiger partial charge >= 0.3 is 0 Å². The number of hydrogen-bond acceptors (Lipinski definition) is 3. The third-order valence-corrected chi connectivity index (χ3v) is 8.86. The molecule has 8 aromatic carbocycles. The molecule has 0 amide bonds. The summed E-state index contributed by atoms with van der Waals surface area (Å²) in [6.45, 7) is 0. The van der Waals surface area contributed by atoms with Gasteiger partial charge in [0.2, 0.25) is 5.89 Å². The summed E-state index contributed by atoms with van der Waals surface area (Å²) in [6, 6.07) is 59.8. The first-order valence-electron chi connectivity index (χ1n) is 15.6. The van der Waals surface area contributed by atoms with E-state index in [1.165, 1.54) is 32.7 Å². The number of para-hydroxylation sites is 3. The number of hydrogen-bond donors (Lipinski definition) is 0. The van der Waals surface area contributed by atoms with Crippen molar-refractivity contribution in [1.29, 1.82) is 0 Å². The van der Waals surface area contributed by atoms with E-state index in [2.05, 4.69) is 138 Å². The van der Waals surface area contributed by atoms with Gasteiger partial charge in [-0.15, -0.1) is 0 Å². The minimum atomic E-state index is 0.640. The lowest BCUT2D eigenvalue weighted by molar-refractivity contribution is 0.620. The maximum Gasteiger partial charge on any atom is 0.227 e. The minimum absolute atomic E-state index is 0.640. The standard InChI is InChI=1S/C43H28N2O/c1-4-12-31(13-5-1)43-44-42-40(46-43)27-24-30-23-25-36-37(41(30)42)26-22-29-20-21-32(28-38(29)36)35-18-10-11-19-39(35)45(33-14-6-2-7-15-33)34-16-8-3-9-17-34/h1-28H. The number of fused-ring (bicyclic) bond motifs is 7. The molecule has 0 radical (unpaired) electrons. The molecule has 0 aliphatic carbocycles. The van der Waals surface area contributed by atoms with Crippen molar-refractivity contribution in [3.63, 3.8) is 0 Å². The fourth-order valence-electron chi connectivity index (χ4n) is 6.71. The van der Waals surface area contributed by atoms with Crippen LogP contribution in [0.3, 0.4) is 0 Å². The van der Waals surface area contributed by atoms with Gasteiger partial charge in [-0.2, -0.15) is 0 Å². The molecular formula is C43H28N2O. The van der Waals surface area contributed by atoms with Crippen LogP contribution in [-0.2, 0) is 0 Å². The summed E-state index contributed by atoms with van der Waals surface area (Å²) in [5, 5.41) is 7.05. The Balaban J connectivity index is 1.25. The Morgan fingerprint density at radius 3 is 1.83 bits per heavy atom. The number of oxazole rings is 1. The molecule has 9 aromatic rings. The summed E-state index contributed by atoms with van der Waals surface area (Å²) in [5.41, 5.74) is 8.35. The van der Waals surface area contributed by atoms with E-state index in [4.69, 9.17) is 9.40 Å². The second-order valence-electron chi connectivity index (χ2n) is 11.6. The molecule has 9 rings (SSSR count). The van der Waals surface area contributed by atoms with Crippen molar-refractivity contribution in [2.24, 2.45) is 0 Å². The summed E-state index contributed by atoms with van der Waals surface area (Å²) >= 11 is 0. The van der Waals surface area contributed by atoms with Gasteiger partial charge in [-0.3, -0.25) is 0 Å². The molecule has 46 heavy (non-hydrogen) atoms. The van der Waals surface area contributed by atoms with Crippen LogP contribution >= 0.6 is 0 Å². The molecule has 0 aliphatic rings. The summed E-state index contributed by atoms with van der Waals surface area (Å²) in [5.74, 6) is 0.640. The highest BCUT2D eigenvalue weighted by Crippen LogP contribution is 2.42. The Labute approximate surface area is 266 Å². The van der Waals surface area contributed by atoms with Crippen molar-refractivity contribution in [2.45, 2.75) is 0 Å². The van der Waals surface area contributed by atoms with E-state index >= 15 is 0 Å². The molecule has 216 valence electrons. The molecular weight excluding hydrogens is 560 g/mol. The second kappa shape index (κ2) is 10.8. The van der Waals surface area contributed by atoms with E-state index < -0.39 is 0 Å². The Bertz CT molecular complexity index is 2480. The third-order valence-electron chi connectivity index (χ3n) is 8.86. The largest absolute Gasteiger partial charge is 0.436 e. The molecule has 0 fully saturated rings. The van der Waals surface area contributed by atoms with Crippen LogP contribution in [0.5, 0.6) is 0 Å². The maximum atomic E-state index is 6.27. The molecule has 3 heteroatoms. The smallest absolute Gasteiger partial charge is 0.227 e. The molecule has 0 saturated carbocycles. The predicted molar refractivity (Wildman–Crippen MR) is 192 cm³/mol. The number of benzene rings is 8. The van der Waals surface area contributed by atoms with E-state index in [1.807, 2.05) is 36.4 Å². The van der Waals surface area contributed by atoms with Crippen LogP contribution < -0.4 is 4.90 Å². The molecule has 0 N–H and O–H groups in total. The first kappa shape index (κ1) is 26.2. The van der Waals surface area contributed by atoms with Crippen LogP contribution in [0.1, 0.15) is 0 Å². The zero-order valence-corrected chi connectivity index (χ0v) is 25.0. The molecule has 0 unspecified atom stereocenters. The first-order valence-corrected chi connectivity index (χ1v) is 15.6. The zero-order valence-electron chi connectivity index (χ0n) is 25.0. The lowest BCUT2D eigenvalue weighted by Crippen LogP contribution is -2.10. The van der Waals surface area contributed by atoms with E-state index in [0.717, 1.165) is 44.5 Å². The normalized spacial score (nSPS) is 11.5. The topological polar surface area (TPSA) is 29.3 Å². The Morgan fingerprint density at radius 1 is 0.457 bits per heavy atom. The predicted octanol–water partition coefficient (Wildman–Crippen LogP) is 12.1. The van der Waals surface area contributed by atoms with Crippen molar-refractivity contribution in [3.05, 3.63) is 170 Å². The molecule has 1 heterocycles. The van der Waals surface area contributed by atoms with Crippen LogP contribution in [0.4, 0.5) is 17.1 Å². The third kappa shape index (κ3) is 4.33. The van der Waals surface area contributed by atoms with Crippen molar-refractivity contribution in [3.8, 4) is 22.6 Å². The van der Waals surface area contributed by atoms with Gasteiger partial charge in [0.05, 0.1) is 5.69 Å². The molecule has 0 aliphatic heterocycles. The average Bonchev–Trinajstić information content (AvgIpc) is 3.58. The Morgan fingerprint density at radius 2 is 1.07 bits per heavy atom. The SMILES string of the molecule is c1ccc(-c2nc3c(ccc4ccc5c6cc(-c7ccccc7N(c7ccccc7)c7ccccc7)ccc6ccc5c43)o2)cc1. The van der Waals surface area contributed by atoms with Crippen LogP contribution in [-0.4, -0.2) is 4.98 Å². The summed E-state index contributed by atoms with van der Waals surface area (Å²) in [4.78, 5) is 7.36. The second-order valence-corrected chi connectivity index (χ2v) is 11.6. The molecule has 0 atom stereocenters. The number of anilines is 3. The summed E-state index contributed by atoms with van der Waals surface area (Å²) in [7, 11) is 0. The van der Waals surface area contributed by atoms with Crippen LogP contribution in [0.2, 0.25) is 0 Å². The van der Waals surface area contributed by atoms with Gasteiger partial charge in [-0.1, -0.05) is 115 Å². The number of rotatable bonds is 5. The molecule has 3 nitrogen and oxygen atoms in total. The molecule has 0 spiro atoms. The van der Waals surface area contributed by atoms with Crippen LogP contribution in [0.15, 0.2) is 174 Å². The monoisotopic (exact) mass is 588 g/mol. The number of nitrogens with zero attached hydrogens (tertiary/aromatic N) is 2. The fraction of sp³-hybridized carbons (Fsp3) is 0. The van der Waals surface area contributed by atoms with Crippen LogP contribution in [0.25, 0.3) is 66.0 Å². The maximum absolute atomic E-state index is 6.27. The highest BCUT2D eigenvalue weighted by Gasteiger charge is 2.18. The highest BCUT2D eigenvalue weighted by molar-refractivity contribution is 6.23. The van der Waals surface area contributed by atoms with Crippen molar-refractivity contribution < 1.29 is 4.42 Å². The Hall–Kier alpha value is -6.19. The Kier molecular flexibility index (Phi) is 6.14. The van der Waals surface area contributed by atoms with Gasteiger partial charge in [-0.05, 0) is 87.1 Å². The summed E-state index contributed by atoms with van der Waals surface area (Å²) < 4.78 is 6.27. The van der Waals surface area contributed by atoms with E-state index in [9.17, 15) is 0 Å². The van der Waals surface area contributed by atoms with E-state index in [1.54, 1.807) is 0 Å². The van der Waals surface area contributed by atoms with Gasteiger partial charge in [0, 0.05) is 27.9 Å². The fourth-order valence-corrected chi connectivity index (χ4v) is 6.71. The van der Waals surface area contributed by atoms with Gasteiger partial charge in [0.15, 0.2) is 5.58 Å². The molecule has 0 saturated heterocycles. The molecule has 1 aromatic heterocycles. The van der Waals surface area contributed by atoms with E-state index in [0.29, 0.717) is 5.89 Å². The van der Waals surface area contributed by atoms with Gasteiger partial charge in [0.25, 0.3) is 0 Å². The van der Waals surface area contributed by atoms with Gasteiger partial charge in [0.1, 0.15) is 5.52 Å². The van der Waals surface area contributed by atoms with Gasteiger partial charge < -0.3 is 9.32 Å². The molecule has 0 bridgehead atoms. The van der Waals surface area contributed by atoms with Crippen molar-refractivity contribution in [2.75, 3.05) is 4.90 Å². The zero-order chi connectivity index (χ0) is 30.5. The quantitative estimate of drug-likeness (QED) is 0.187. The summed E-state index contributed by atoms with van der Waals surface area (Å²) in [6.07, 6.45) is 0. The average molecular weight is 589 g/mol.